The molecule has 9 heteroatoms. The lowest BCUT2D eigenvalue weighted by atomic mass is 10.1. The van der Waals surface area contributed by atoms with Crippen LogP contribution in [0.3, 0.4) is 0 Å². The molecule has 0 aliphatic rings. The summed E-state index contributed by atoms with van der Waals surface area (Å²) in [6, 6.07) is 18.6. The number of amides is 1. The number of nitrogens with one attached hydrogen (secondary N) is 1. The minimum Gasteiger partial charge on any atom is -0.272 e. The molecule has 1 amide bonds. The zero-order valence-electron chi connectivity index (χ0n) is 17.2. The van der Waals surface area contributed by atoms with Crippen LogP contribution in [0.4, 0.5) is 4.39 Å². The highest BCUT2D eigenvalue weighted by molar-refractivity contribution is 7.89. The number of carbonyl (C=O) groups is 1. The molecular formula is C23H21ClFN3O3S. The number of halogens is 2. The lowest BCUT2D eigenvalue weighted by Crippen LogP contribution is -2.39. The highest BCUT2D eigenvalue weighted by Crippen LogP contribution is 2.20. The van der Waals surface area contributed by atoms with Gasteiger partial charge in [-0.25, -0.2) is 18.2 Å². The molecule has 0 saturated carbocycles. The highest BCUT2D eigenvalue weighted by atomic mass is 35.5. The summed E-state index contributed by atoms with van der Waals surface area (Å²) in [7, 11) is -3.98. The summed E-state index contributed by atoms with van der Waals surface area (Å²) in [5, 5.41) is 4.23. The number of hydrazone groups is 1. The molecular weight excluding hydrogens is 453 g/mol. The molecule has 0 heterocycles. The van der Waals surface area contributed by atoms with E-state index in [0.29, 0.717) is 10.6 Å². The van der Waals surface area contributed by atoms with E-state index in [1.165, 1.54) is 54.7 Å². The third kappa shape index (κ3) is 6.46. The Labute approximate surface area is 191 Å². The van der Waals surface area contributed by atoms with Crippen molar-refractivity contribution >= 4 is 33.7 Å². The molecule has 0 radical (unpaired) electrons. The van der Waals surface area contributed by atoms with Gasteiger partial charge in [-0.05, 0) is 54.4 Å². The average molecular weight is 474 g/mol. The van der Waals surface area contributed by atoms with Crippen LogP contribution in [-0.4, -0.2) is 31.4 Å². The summed E-state index contributed by atoms with van der Waals surface area (Å²) in [5.41, 5.74) is 4.66. The summed E-state index contributed by atoms with van der Waals surface area (Å²) in [4.78, 5) is 12.5. The van der Waals surface area contributed by atoms with Crippen molar-refractivity contribution in [3.05, 3.63) is 100 Å². The zero-order chi connectivity index (χ0) is 23.1. The maximum absolute atomic E-state index is 13.2. The van der Waals surface area contributed by atoms with Gasteiger partial charge >= 0.3 is 0 Å². The van der Waals surface area contributed by atoms with Crippen LogP contribution < -0.4 is 5.43 Å². The van der Waals surface area contributed by atoms with Gasteiger partial charge in [0.1, 0.15) is 5.82 Å². The van der Waals surface area contributed by atoms with Gasteiger partial charge in [-0.3, -0.25) is 4.79 Å². The Balaban J connectivity index is 1.78. The predicted molar refractivity (Wildman–Crippen MR) is 122 cm³/mol. The molecule has 0 aliphatic heterocycles. The van der Waals surface area contributed by atoms with Crippen molar-refractivity contribution < 1.29 is 17.6 Å². The molecule has 0 unspecified atom stereocenters. The van der Waals surface area contributed by atoms with Crippen molar-refractivity contribution in [3.63, 3.8) is 0 Å². The number of hydrogen-bond donors (Lipinski definition) is 1. The number of rotatable bonds is 8. The van der Waals surface area contributed by atoms with Crippen LogP contribution in [0.2, 0.25) is 5.02 Å². The second-order valence-corrected chi connectivity index (χ2v) is 9.43. The first kappa shape index (κ1) is 23.6. The average Bonchev–Trinajstić information content (AvgIpc) is 2.76. The summed E-state index contributed by atoms with van der Waals surface area (Å²) < 4.78 is 40.5. The number of aryl methyl sites for hydroxylation is 1. The van der Waals surface area contributed by atoms with Crippen LogP contribution in [0, 0.1) is 12.7 Å². The second-order valence-electron chi connectivity index (χ2n) is 7.06. The Morgan fingerprint density at radius 1 is 1.03 bits per heavy atom. The lowest BCUT2D eigenvalue weighted by Gasteiger charge is -2.21. The normalized spacial score (nSPS) is 11.8. The molecule has 166 valence electrons. The van der Waals surface area contributed by atoms with Crippen molar-refractivity contribution in [1.29, 1.82) is 0 Å². The van der Waals surface area contributed by atoms with Crippen LogP contribution in [0.25, 0.3) is 0 Å². The molecule has 0 aliphatic carbocycles. The molecule has 6 nitrogen and oxygen atoms in total. The van der Waals surface area contributed by atoms with Gasteiger partial charge in [0.25, 0.3) is 5.91 Å². The van der Waals surface area contributed by atoms with E-state index in [0.717, 1.165) is 15.4 Å². The quantitative estimate of drug-likeness (QED) is 0.394. The van der Waals surface area contributed by atoms with Crippen molar-refractivity contribution in [2.45, 2.75) is 18.4 Å². The summed E-state index contributed by atoms with van der Waals surface area (Å²) in [6.45, 7) is 1.48. The molecule has 32 heavy (non-hydrogen) atoms. The Kier molecular flexibility index (Phi) is 7.74. The Morgan fingerprint density at radius 3 is 2.28 bits per heavy atom. The third-order valence-electron chi connectivity index (χ3n) is 4.52. The molecule has 0 atom stereocenters. The molecule has 0 fully saturated rings. The molecule has 0 spiro atoms. The Bertz CT molecular complexity index is 1200. The van der Waals surface area contributed by atoms with Gasteiger partial charge in [0.15, 0.2) is 0 Å². The third-order valence-corrected chi connectivity index (χ3v) is 6.58. The van der Waals surface area contributed by atoms with E-state index in [-0.39, 0.29) is 17.3 Å². The zero-order valence-corrected chi connectivity index (χ0v) is 18.8. The molecule has 0 saturated heterocycles. The number of sulfonamides is 1. The van der Waals surface area contributed by atoms with Gasteiger partial charge in [0.05, 0.1) is 17.7 Å². The van der Waals surface area contributed by atoms with Gasteiger partial charge in [0.2, 0.25) is 10.0 Å². The monoisotopic (exact) mass is 473 g/mol. The van der Waals surface area contributed by atoms with Crippen LogP contribution in [0.1, 0.15) is 16.7 Å². The van der Waals surface area contributed by atoms with Crippen molar-refractivity contribution in [2.24, 2.45) is 5.10 Å². The summed E-state index contributed by atoms with van der Waals surface area (Å²) >= 11 is 5.88. The predicted octanol–water partition coefficient (Wildman–Crippen LogP) is 4.13. The first-order valence-electron chi connectivity index (χ1n) is 9.63. The Morgan fingerprint density at radius 2 is 1.66 bits per heavy atom. The fraction of sp³-hybridized carbons (Fsp3) is 0.130. The molecule has 3 rings (SSSR count). The molecule has 1 N–H and O–H groups in total. The minimum atomic E-state index is -3.98. The van der Waals surface area contributed by atoms with E-state index < -0.39 is 22.5 Å². The van der Waals surface area contributed by atoms with Crippen LogP contribution >= 0.6 is 11.6 Å². The van der Waals surface area contributed by atoms with E-state index in [2.05, 4.69) is 10.5 Å². The van der Waals surface area contributed by atoms with Gasteiger partial charge in [-0.15, -0.1) is 0 Å². The van der Waals surface area contributed by atoms with Gasteiger partial charge in [-0.2, -0.15) is 9.41 Å². The van der Waals surface area contributed by atoms with Gasteiger partial charge < -0.3 is 0 Å². The number of carbonyl (C=O) groups excluding carboxylic acids is 1. The van der Waals surface area contributed by atoms with E-state index in [1.807, 2.05) is 31.2 Å². The van der Waals surface area contributed by atoms with Crippen LogP contribution in [0.5, 0.6) is 0 Å². The fourth-order valence-electron chi connectivity index (χ4n) is 2.80. The smallest absolute Gasteiger partial charge is 0.255 e. The molecule has 3 aromatic carbocycles. The Hall–Kier alpha value is -3.07. The number of benzene rings is 3. The van der Waals surface area contributed by atoms with Crippen LogP contribution in [-0.2, 0) is 21.4 Å². The number of hydrogen-bond acceptors (Lipinski definition) is 4. The first-order chi connectivity index (χ1) is 15.2. The summed E-state index contributed by atoms with van der Waals surface area (Å²) in [6.07, 6.45) is 1.34. The van der Waals surface area contributed by atoms with E-state index >= 15 is 0 Å². The van der Waals surface area contributed by atoms with Gasteiger partial charge in [-0.1, -0.05) is 53.6 Å². The minimum absolute atomic E-state index is 0.000334. The molecule has 0 bridgehead atoms. The number of nitrogens with zero attached hydrogens (tertiary/aromatic N) is 2. The highest BCUT2D eigenvalue weighted by Gasteiger charge is 2.27. The summed E-state index contributed by atoms with van der Waals surface area (Å²) in [5.74, 6) is -1.00. The van der Waals surface area contributed by atoms with E-state index in [9.17, 15) is 17.6 Å². The standard InChI is InChI=1S/C23H21ClFN3O3S/c1-17-2-4-19(5-3-17)15-28(32(30,31)22-12-8-20(24)9-13-22)16-23(29)27-26-14-18-6-10-21(25)11-7-18/h2-14H,15-16H2,1H3,(H,27,29)/b26-14-. The van der Waals surface area contributed by atoms with E-state index in [1.54, 1.807) is 0 Å². The van der Waals surface area contributed by atoms with Crippen molar-refractivity contribution in [3.8, 4) is 0 Å². The topological polar surface area (TPSA) is 78.8 Å². The largest absolute Gasteiger partial charge is 0.272 e. The first-order valence-corrected chi connectivity index (χ1v) is 11.4. The van der Waals surface area contributed by atoms with Crippen LogP contribution in [0.15, 0.2) is 82.8 Å². The SMILES string of the molecule is Cc1ccc(CN(CC(=O)N/N=C\c2ccc(F)cc2)S(=O)(=O)c2ccc(Cl)cc2)cc1. The second kappa shape index (κ2) is 10.5. The molecule has 0 aromatic heterocycles. The molecule has 3 aromatic rings. The maximum atomic E-state index is 13.2. The lowest BCUT2D eigenvalue weighted by molar-refractivity contribution is -0.121. The van der Waals surface area contributed by atoms with Crippen molar-refractivity contribution in [2.75, 3.05) is 6.54 Å². The van der Waals surface area contributed by atoms with Gasteiger partial charge in [0, 0.05) is 11.6 Å². The van der Waals surface area contributed by atoms with E-state index in [4.69, 9.17) is 11.6 Å². The van der Waals surface area contributed by atoms with Crippen molar-refractivity contribution in [1.82, 2.24) is 9.73 Å². The maximum Gasteiger partial charge on any atom is 0.255 e. The fourth-order valence-corrected chi connectivity index (χ4v) is 4.31.